The van der Waals surface area contributed by atoms with Gasteiger partial charge in [0, 0.05) is 22.0 Å². The van der Waals surface area contributed by atoms with Crippen molar-refractivity contribution in [1.29, 1.82) is 0 Å². The van der Waals surface area contributed by atoms with E-state index in [0.717, 1.165) is 33.5 Å². The molecule has 7 heteroatoms. The predicted molar refractivity (Wildman–Crippen MR) is 115 cm³/mol. The van der Waals surface area contributed by atoms with Gasteiger partial charge in [0.05, 0.1) is 28.0 Å². The van der Waals surface area contributed by atoms with Crippen molar-refractivity contribution in [3.63, 3.8) is 0 Å². The summed E-state index contributed by atoms with van der Waals surface area (Å²) in [6, 6.07) is 19.4. The monoisotopic (exact) mass is 436 g/mol. The molecule has 0 aliphatic carbocycles. The number of aromatic nitrogens is 3. The Bertz CT molecular complexity index is 1440. The van der Waals surface area contributed by atoms with Gasteiger partial charge in [-0.15, -0.1) is 0 Å². The van der Waals surface area contributed by atoms with Crippen LogP contribution in [0.3, 0.4) is 0 Å². The molecule has 2 heterocycles. The molecule has 0 saturated heterocycles. The average Bonchev–Trinajstić information content (AvgIpc) is 3.10. The van der Waals surface area contributed by atoms with Gasteiger partial charge in [-0.25, -0.2) is 4.68 Å². The SMILES string of the molecule is Cc1nn(-c2cc[c]c(C(F)(F)F)c2)c2c1cnc1ccc(-c3ccc(Cl)cc3)cc12. The van der Waals surface area contributed by atoms with E-state index in [4.69, 9.17) is 11.6 Å². The fourth-order valence-electron chi connectivity index (χ4n) is 3.68. The van der Waals surface area contributed by atoms with E-state index in [1.807, 2.05) is 49.4 Å². The second-order valence-corrected chi connectivity index (χ2v) is 7.65. The summed E-state index contributed by atoms with van der Waals surface area (Å²) in [6.07, 6.45) is -2.78. The maximum Gasteiger partial charge on any atom is 0.417 e. The summed E-state index contributed by atoms with van der Waals surface area (Å²) in [4.78, 5) is 4.52. The Kier molecular flexibility index (Phi) is 4.48. The number of nitrogens with zero attached hydrogens (tertiary/aromatic N) is 3. The lowest BCUT2D eigenvalue weighted by molar-refractivity contribution is -0.137. The zero-order valence-electron chi connectivity index (χ0n) is 16.2. The molecule has 0 N–H and O–H groups in total. The Morgan fingerprint density at radius 2 is 1.68 bits per heavy atom. The van der Waals surface area contributed by atoms with Crippen molar-refractivity contribution in [3.8, 4) is 16.8 Å². The van der Waals surface area contributed by atoms with Crippen molar-refractivity contribution >= 4 is 33.4 Å². The Labute approximate surface area is 180 Å². The maximum absolute atomic E-state index is 13.2. The van der Waals surface area contributed by atoms with Crippen LogP contribution in [0.15, 0.2) is 66.9 Å². The number of pyridine rings is 1. The van der Waals surface area contributed by atoms with E-state index in [1.165, 1.54) is 6.07 Å². The van der Waals surface area contributed by atoms with E-state index in [0.29, 0.717) is 21.9 Å². The molecular formula is C24H14ClF3N3. The first kappa shape index (κ1) is 19.6. The molecule has 2 aromatic heterocycles. The molecular weight excluding hydrogens is 423 g/mol. The third kappa shape index (κ3) is 3.43. The van der Waals surface area contributed by atoms with Crippen LogP contribution in [0.5, 0.6) is 0 Å². The van der Waals surface area contributed by atoms with Gasteiger partial charge in [-0.05, 0) is 60.5 Å². The summed E-state index contributed by atoms with van der Waals surface area (Å²) in [5.74, 6) is 0. The fourth-order valence-corrected chi connectivity index (χ4v) is 3.81. The molecule has 0 saturated carbocycles. The number of hydrogen-bond donors (Lipinski definition) is 0. The Morgan fingerprint density at radius 3 is 2.42 bits per heavy atom. The number of fused-ring (bicyclic) bond motifs is 3. The zero-order chi connectivity index (χ0) is 21.8. The highest BCUT2D eigenvalue weighted by molar-refractivity contribution is 6.30. The molecule has 31 heavy (non-hydrogen) atoms. The van der Waals surface area contributed by atoms with E-state index >= 15 is 0 Å². The molecule has 3 nitrogen and oxygen atoms in total. The lowest BCUT2D eigenvalue weighted by Crippen LogP contribution is -2.07. The quantitative estimate of drug-likeness (QED) is 0.297. The van der Waals surface area contributed by atoms with Gasteiger partial charge in [0.2, 0.25) is 0 Å². The van der Waals surface area contributed by atoms with Crippen LogP contribution in [0.25, 0.3) is 38.6 Å². The first-order chi connectivity index (χ1) is 14.8. The van der Waals surface area contributed by atoms with Gasteiger partial charge in [-0.2, -0.15) is 18.3 Å². The molecule has 0 spiro atoms. The molecule has 1 radical (unpaired) electrons. The number of alkyl halides is 3. The highest BCUT2D eigenvalue weighted by Crippen LogP contribution is 2.34. The number of rotatable bonds is 2. The second-order valence-electron chi connectivity index (χ2n) is 7.21. The molecule has 0 aliphatic rings. The van der Waals surface area contributed by atoms with Gasteiger partial charge in [0.1, 0.15) is 0 Å². The molecule has 0 fully saturated rings. The number of halogens is 4. The summed E-state index contributed by atoms with van der Waals surface area (Å²) in [5.41, 5.74) is 3.51. The van der Waals surface area contributed by atoms with E-state index in [-0.39, 0.29) is 0 Å². The molecule has 5 aromatic rings. The van der Waals surface area contributed by atoms with Crippen LogP contribution in [0, 0.1) is 13.0 Å². The first-order valence-electron chi connectivity index (χ1n) is 9.44. The van der Waals surface area contributed by atoms with Crippen molar-refractivity contribution in [2.75, 3.05) is 0 Å². The summed E-state index contributed by atoms with van der Waals surface area (Å²) >= 11 is 6.00. The molecule has 0 unspecified atom stereocenters. The van der Waals surface area contributed by atoms with Crippen LogP contribution in [-0.2, 0) is 6.18 Å². The van der Waals surface area contributed by atoms with Gasteiger partial charge >= 0.3 is 6.18 Å². The minimum atomic E-state index is -4.49. The minimum absolute atomic E-state index is 0.313. The van der Waals surface area contributed by atoms with E-state index in [2.05, 4.69) is 16.1 Å². The van der Waals surface area contributed by atoms with Crippen LogP contribution in [-0.4, -0.2) is 14.8 Å². The van der Waals surface area contributed by atoms with E-state index < -0.39 is 11.7 Å². The van der Waals surface area contributed by atoms with Crippen molar-refractivity contribution in [1.82, 2.24) is 14.8 Å². The fraction of sp³-hybridized carbons (Fsp3) is 0.0833. The second kappa shape index (κ2) is 7.10. The van der Waals surface area contributed by atoms with Gasteiger partial charge in [0.25, 0.3) is 0 Å². The highest BCUT2D eigenvalue weighted by atomic mass is 35.5. The molecule has 153 valence electrons. The van der Waals surface area contributed by atoms with Crippen molar-refractivity contribution in [3.05, 3.63) is 89.2 Å². The Morgan fingerprint density at radius 1 is 0.935 bits per heavy atom. The number of aryl methyl sites for hydroxylation is 1. The zero-order valence-corrected chi connectivity index (χ0v) is 17.0. The summed E-state index contributed by atoms with van der Waals surface area (Å²) in [6.45, 7) is 1.81. The molecule has 5 rings (SSSR count). The smallest absolute Gasteiger partial charge is 0.255 e. The lowest BCUT2D eigenvalue weighted by atomic mass is 10.0. The molecule has 0 amide bonds. The molecule has 3 aromatic carbocycles. The minimum Gasteiger partial charge on any atom is -0.255 e. The van der Waals surface area contributed by atoms with Crippen LogP contribution >= 0.6 is 11.6 Å². The molecule has 0 aliphatic heterocycles. The normalized spacial score (nSPS) is 12.0. The van der Waals surface area contributed by atoms with Crippen molar-refractivity contribution in [2.45, 2.75) is 13.1 Å². The number of hydrogen-bond acceptors (Lipinski definition) is 2. The van der Waals surface area contributed by atoms with Gasteiger partial charge < -0.3 is 0 Å². The van der Waals surface area contributed by atoms with Crippen molar-refractivity contribution < 1.29 is 13.2 Å². The largest absolute Gasteiger partial charge is 0.417 e. The van der Waals surface area contributed by atoms with Gasteiger partial charge in [-0.3, -0.25) is 4.98 Å². The lowest BCUT2D eigenvalue weighted by Gasteiger charge is -2.11. The van der Waals surface area contributed by atoms with Crippen LogP contribution in [0.2, 0.25) is 5.02 Å². The number of benzene rings is 3. The predicted octanol–water partition coefficient (Wildman–Crippen LogP) is 7.02. The maximum atomic E-state index is 13.2. The van der Waals surface area contributed by atoms with Crippen LogP contribution < -0.4 is 0 Å². The third-order valence-corrected chi connectivity index (χ3v) is 5.46. The van der Waals surface area contributed by atoms with Crippen molar-refractivity contribution in [2.24, 2.45) is 0 Å². The topological polar surface area (TPSA) is 30.7 Å². The summed E-state index contributed by atoms with van der Waals surface area (Å²) in [5, 5.41) is 6.75. The van der Waals surface area contributed by atoms with Gasteiger partial charge in [0.15, 0.2) is 0 Å². The molecule has 0 bridgehead atoms. The van der Waals surface area contributed by atoms with Crippen LogP contribution in [0.4, 0.5) is 13.2 Å². The highest BCUT2D eigenvalue weighted by Gasteiger charge is 2.31. The molecule has 0 atom stereocenters. The van der Waals surface area contributed by atoms with Gasteiger partial charge in [-0.1, -0.05) is 35.9 Å². The third-order valence-electron chi connectivity index (χ3n) is 5.20. The van der Waals surface area contributed by atoms with Crippen LogP contribution in [0.1, 0.15) is 11.3 Å². The summed E-state index contributed by atoms with van der Waals surface area (Å²) in [7, 11) is 0. The van der Waals surface area contributed by atoms with E-state index in [9.17, 15) is 13.2 Å². The summed E-state index contributed by atoms with van der Waals surface area (Å²) < 4.78 is 41.3. The standard InChI is InChI=1S/C24H14ClF3N3/c1-14-21-13-29-22-10-7-16(15-5-8-18(25)9-6-15)11-20(22)23(21)31(30-14)19-4-2-3-17(12-19)24(26,27)28/h2,4-13H,1H3. The average molecular weight is 437 g/mol. The Hall–Kier alpha value is -3.38. The Balaban J connectivity index is 1.78. The first-order valence-corrected chi connectivity index (χ1v) is 9.82. The van der Waals surface area contributed by atoms with E-state index in [1.54, 1.807) is 16.9 Å².